The largest absolute Gasteiger partial charge is 0.377 e. The molecular formula is C24H29FN4O4S2. The maximum absolute atomic E-state index is 14.2. The van der Waals surface area contributed by atoms with E-state index in [2.05, 4.69) is 4.98 Å². The van der Waals surface area contributed by atoms with Gasteiger partial charge in [-0.3, -0.25) is 9.69 Å². The summed E-state index contributed by atoms with van der Waals surface area (Å²) in [5.74, 6) is -0.769. The van der Waals surface area contributed by atoms with Gasteiger partial charge in [0, 0.05) is 38.9 Å². The van der Waals surface area contributed by atoms with Crippen molar-refractivity contribution >= 4 is 42.6 Å². The number of nitrogens with zero attached hydrogens (tertiary/aromatic N) is 4. The molecule has 3 aromatic rings. The Labute approximate surface area is 209 Å². The molecule has 4 rings (SSSR count). The molecule has 0 unspecified atom stereocenters. The topological polar surface area (TPSA) is 83.1 Å². The first-order chi connectivity index (χ1) is 16.7. The molecule has 2 aromatic carbocycles. The first-order valence-corrected chi connectivity index (χ1v) is 13.6. The molecule has 1 aliphatic rings. The fourth-order valence-electron chi connectivity index (χ4n) is 3.88. The van der Waals surface area contributed by atoms with E-state index in [9.17, 15) is 17.6 Å². The first-order valence-electron chi connectivity index (χ1n) is 11.4. The molecule has 35 heavy (non-hydrogen) atoms. The molecule has 0 bridgehead atoms. The Kier molecular flexibility index (Phi) is 7.82. The van der Waals surface area contributed by atoms with Gasteiger partial charge in [0.25, 0.3) is 5.91 Å². The summed E-state index contributed by atoms with van der Waals surface area (Å²) in [6, 6.07) is 10.6. The molecule has 0 spiro atoms. The van der Waals surface area contributed by atoms with Gasteiger partial charge in [0.1, 0.15) is 11.3 Å². The van der Waals surface area contributed by atoms with Gasteiger partial charge < -0.3 is 9.64 Å². The third-order valence-corrected chi connectivity index (χ3v) is 8.78. The number of benzene rings is 2. The SMILES string of the molecule is CN(C)CCN(C(=O)c1ccc(S(=O)(=O)N(C)C[C@H]2CCCO2)cc1)c1nc2c(F)cccc2s1. The van der Waals surface area contributed by atoms with Crippen LogP contribution in [0.5, 0.6) is 0 Å². The third kappa shape index (κ3) is 5.70. The number of halogens is 1. The van der Waals surface area contributed by atoms with E-state index >= 15 is 0 Å². The molecular weight excluding hydrogens is 491 g/mol. The Bertz CT molecular complexity index is 1290. The van der Waals surface area contributed by atoms with Crippen LogP contribution in [-0.4, -0.2) is 82.0 Å². The van der Waals surface area contributed by atoms with E-state index in [-0.39, 0.29) is 29.0 Å². The number of rotatable bonds is 9. The van der Waals surface area contributed by atoms with Crippen LogP contribution in [0.2, 0.25) is 0 Å². The first kappa shape index (κ1) is 25.6. The number of aromatic nitrogens is 1. The lowest BCUT2D eigenvalue weighted by atomic mass is 10.2. The fraction of sp³-hybridized carbons (Fsp3) is 0.417. The zero-order chi connectivity index (χ0) is 25.2. The predicted octanol–water partition coefficient (Wildman–Crippen LogP) is 3.44. The minimum atomic E-state index is -3.72. The van der Waals surface area contributed by atoms with Gasteiger partial charge in [-0.15, -0.1) is 0 Å². The molecule has 1 aromatic heterocycles. The van der Waals surface area contributed by atoms with Crippen LogP contribution < -0.4 is 4.90 Å². The van der Waals surface area contributed by atoms with Gasteiger partial charge in [0.15, 0.2) is 5.13 Å². The van der Waals surface area contributed by atoms with Crippen molar-refractivity contribution in [1.82, 2.24) is 14.2 Å². The molecule has 11 heteroatoms. The number of fused-ring (bicyclic) bond motifs is 1. The van der Waals surface area contributed by atoms with Gasteiger partial charge in [-0.2, -0.15) is 4.31 Å². The minimum Gasteiger partial charge on any atom is -0.377 e. The lowest BCUT2D eigenvalue weighted by Gasteiger charge is -2.22. The Morgan fingerprint density at radius 2 is 1.89 bits per heavy atom. The molecule has 0 aliphatic carbocycles. The van der Waals surface area contributed by atoms with E-state index in [1.165, 1.54) is 57.9 Å². The molecule has 0 N–H and O–H groups in total. The number of anilines is 1. The van der Waals surface area contributed by atoms with E-state index < -0.39 is 15.8 Å². The fourth-order valence-corrected chi connectivity index (χ4v) is 6.09. The summed E-state index contributed by atoms with van der Waals surface area (Å²) in [5, 5.41) is 0.393. The average Bonchev–Trinajstić information content (AvgIpc) is 3.49. The Morgan fingerprint density at radius 1 is 1.14 bits per heavy atom. The van der Waals surface area contributed by atoms with Crippen LogP contribution in [0.15, 0.2) is 47.4 Å². The summed E-state index contributed by atoms with van der Waals surface area (Å²) in [5.41, 5.74) is 0.551. The number of thiazole rings is 1. The highest BCUT2D eigenvalue weighted by molar-refractivity contribution is 7.89. The van der Waals surface area contributed by atoms with Crippen molar-refractivity contribution < 1.29 is 22.3 Å². The maximum Gasteiger partial charge on any atom is 0.260 e. The van der Waals surface area contributed by atoms with E-state index in [4.69, 9.17) is 4.74 Å². The highest BCUT2D eigenvalue weighted by atomic mass is 32.2. The van der Waals surface area contributed by atoms with Crippen molar-refractivity contribution in [2.24, 2.45) is 0 Å². The Morgan fingerprint density at radius 3 is 2.51 bits per heavy atom. The normalized spacial score (nSPS) is 16.5. The number of hydrogen-bond donors (Lipinski definition) is 0. The van der Waals surface area contributed by atoms with Crippen LogP contribution in [0, 0.1) is 5.82 Å². The number of ether oxygens (including phenoxy) is 1. The summed E-state index contributed by atoms with van der Waals surface area (Å²) in [4.78, 5) is 21.4. The summed E-state index contributed by atoms with van der Waals surface area (Å²) >= 11 is 1.24. The summed E-state index contributed by atoms with van der Waals surface area (Å²) in [6.07, 6.45) is 1.67. The summed E-state index contributed by atoms with van der Waals surface area (Å²) in [6.45, 7) is 1.86. The lowest BCUT2D eigenvalue weighted by molar-refractivity contribution is 0.0978. The number of para-hydroxylation sites is 1. The number of sulfonamides is 1. The van der Waals surface area contributed by atoms with E-state index in [0.29, 0.717) is 35.1 Å². The van der Waals surface area contributed by atoms with Crippen molar-refractivity contribution in [3.63, 3.8) is 0 Å². The number of hydrogen-bond acceptors (Lipinski definition) is 7. The second-order valence-electron chi connectivity index (χ2n) is 8.79. The molecule has 0 saturated carbocycles. The molecule has 1 aliphatic heterocycles. The summed E-state index contributed by atoms with van der Waals surface area (Å²) in [7, 11) is 1.61. The van der Waals surface area contributed by atoms with Crippen LogP contribution in [-0.2, 0) is 14.8 Å². The molecule has 0 radical (unpaired) electrons. The van der Waals surface area contributed by atoms with Crippen molar-refractivity contribution in [2.45, 2.75) is 23.8 Å². The molecule has 1 fully saturated rings. The number of amides is 1. The Balaban J connectivity index is 1.57. The smallest absolute Gasteiger partial charge is 0.260 e. The van der Waals surface area contributed by atoms with Crippen molar-refractivity contribution in [2.75, 3.05) is 52.3 Å². The van der Waals surface area contributed by atoms with Gasteiger partial charge in [0.05, 0.1) is 15.7 Å². The van der Waals surface area contributed by atoms with Crippen LogP contribution >= 0.6 is 11.3 Å². The van der Waals surface area contributed by atoms with Crippen molar-refractivity contribution in [3.05, 3.63) is 53.8 Å². The van der Waals surface area contributed by atoms with Crippen molar-refractivity contribution in [3.8, 4) is 0 Å². The molecule has 188 valence electrons. The highest BCUT2D eigenvalue weighted by Gasteiger charge is 2.27. The van der Waals surface area contributed by atoms with Crippen LogP contribution in [0.25, 0.3) is 10.2 Å². The van der Waals surface area contributed by atoms with Crippen LogP contribution in [0.4, 0.5) is 9.52 Å². The minimum absolute atomic E-state index is 0.0977. The average molecular weight is 521 g/mol. The Hall–Kier alpha value is -2.44. The summed E-state index contributed by atoms with van der Waals surface area (Å²) < 4.78 is 47.7. The zero-order valence-electron chi connectivity index (χ0n) is 20.0. The van der Waals surface area contributed by atoms with E-state index in [0.717, 1.165) is 12.8 Å². The zero-order valence-corrected chi connectivity index (χ0v) is 21.6. The number of carbonyl (C=O) groups excluding carboxylic acids is 1. The highest BCUT2D eigenvalue weighted by Crippen LogP contribution is 2.31. The van der Waals surface area contributed by atoms with E-state index in [1.807, 2.05) is 19.0 Å². The van der Waals surface area contributed by atoms with Gasteiger partial charge in [-0.1, -0.05) is 17.4 Å². The van der Waals surface area contributed by atoms with Crippen LogP contribution in [0.3, 0.4) is 0 Å². The number of carbonyl (C=O) groups is 1. The second-order valence-corrected chi connectivity index (χ2v) is 11.8. The van der Waals surface area contributed by atoms with Gasteiger partial charge in [0.2, 0.25) is 10.0 Å². The van der Waals surface area contributed by atoms with Crippen LogP contribution in [0.1, 0.15) is 23.2 Å². The number of likely N-dealkylation sites (N-methyl/N-ethyl adjacent to an activating group) is 2. The lowest BCUT2D eigenvalue weighted by Crippen LogP contribution is -2.37. The van der Waals surface area contributed by atoms with Crippen molar-refractivity contribution in [1.29, 1.82) is 0 Å². The van der Waals surface area contributed by atoms with Gasteiger partial charge in [-0.05, 0) is 63.3 Å². The molecule has 2 heterocycles. The standard InChI is InChI=1S/C24H29FN4O4S2/c1-27(2)13-14-29(24-26-22-20(25)7-4-8-21(22)34-24)23(30)17-9-11-19(12-10-17)35(31,32)28(3)16-18-6-5-15-33-18/h4,7-12,18H,5-6,13-16H2,1-3H3/t18-/m1/s1. The quantitative estimate of drug-likeness (QED) is 0.430. The monoisotopic (exact) mass is 520 g/mol. The third-order valence-electron chi connectivity index (χ3n) is 5.90. The molecule has 1 saturated heterocycles. The predicted molar refractivity (Wildman–Crippen MR) is 135 cm³/mol. The van der Waals surface area contributed by atoms with Gasteiger partial charge in [-0.25, -0.2) is 17.8 Å². The van der Waals surface area contributed by atoms with E-state index in [1.54, 1.807) is 12.1 Å². The molecule has 8 nitrogen and oxygen atoms in total. The second kappa shape index (κ2) is 10.7. The molecule has 1 amide bonds. The molecule has 1 atom stereocenters. The maximum atomic E-state index is 14.2. The van der Waals surface area contributed by atoms with Gasteiger partial charge >= 0.3 is 0 Å².